The molecule has 2 rings (SSSR count). The Labute approximate surface area is 91.5 Å². The van der Waals surface area contributed by atoms with Crippen LogP contribution in [-0.2, 0) is 0 Å². The number of aliphatic hydroxyl groups is 1. The van der Waals surface area contributed by atoms with Gasteiger partial charge in [0.2, 0.25) is 0 Å². The molecule has 1 saturated heterocycles. The van der Waals surface area contributed by atoms with E-state index in [-0.39, 0.29) is 5.54 Å². The Balaban J connectivity index is 2.23. The van der Waals surface area contributed by atoms with Gasteiger partial charge in [-0.1, -0.05) is 18.2 Å². The maximum atomic E-state index is 9.24. The van der Waals surface area contributed by atoms with Crippen LogP contribution in [0.25, 0.3) is 0 Å². The van der Waals surface area contributed by atoms with E-state index in [9.17, 15) is 5.11 Å². The second kappa shape index (κ2) is 3.86. The largest absolute Gasteiger partial charge is 0.396 e. The number of para-hydroxylation sites is 1. The van der Waals surface area contributed by atoms with Crippen molar-refractivity contribution >= 4 is 5.69 Å². The van der Waals surface area contributed by atoms with Crippen LogP contribution in [0.4, 0.5) is 5.69 Å². The van der Waals surface area contributed by atoms with E-state index in [0.717, 1.165) is 13.0 Å². The standard InChI is InChI=1S/C13H19NO/c1-13(2)8-11(10-15)9-14(13)12-6-4-3-5-7-12/h3-7,11,15H,8-10H2,1-2H3. The zero-order valence-corrected chi connectivity index (χ0v) is 9.48. The van der Waals surface area contributed by atoms with E-state index < -0.39 is 0 Å². The van der Waals surface area contributed by atoms with Crippen LogP contribution in [0.3, 0.4) is 0 Å². The summed E-state index contributed by atoms with van der Waals surface area (Å²) in [6.45, 7) is 5.76. The van der Waals surface area contributed by atoms with Gasteiger partial charge in [-0.15, -0.1) is 0 Å². The van der Waals surface area contributed by atoms with Crippen molar-refractivity contribution in [2.24, 2.45) is 5.92 Å². The summed E-state index contributed by atoms with van der Waals surface area (Å²) >= 11 is 0. The SMILES string of the molecule is CC1(C)CC(CO)CN1c1ccccc1. The molecule has 15 heavy (non-hydrogen) atoms. The van der Waals surface area contributed by atoms with Crippen molar-refractivity contribution in [3.63, 3.8) is 0 Å². The van der Waals surface area contributed by atoms with Gasteiger partial charge in [-0.05, 0) is 32.4 Å². The highest BCUT2D eigenvalue weighted by Gasteiger charge is 2.37. The third-order valence-corrected chi connectivity index (χ3v) is 3.29. The first kappa shape index (κ1) is 10.5. The summed E-state index contributed by atoms with van der Waals surface area (Å²) in [5.74, 6) is 0.417. The second-order valence-corrected chi connectivity index (χ2v) is 5.01. The fourth-order valence-electron chi connectivity index (χ4n) is 2.57. The quantitative estimate of drug-likeness (QED) is 0.800. The Kier molecular flexibility index (Phi) is 2.70. The molecule has 2 nitrogen and oxygen atoms in total. The molecule has 0 aliphatic carbocycles. The van der Waals surface area contributed by atoms with Crippen molar-refractivity contribution in [1.82, 2.24) is 0 Å². The van der Waals surface area contributed by atoms with E-state index in [0.29, 0.717) is 12.5 Å². The van der Waals surface area contributed by atoms with Crippen LogP contribution in [0.1, 0.15) is 20.3 Å². The van der Waals surface area contributed by atoms with Gasteiger partial charge in [0.15, 0.2) is 0 Å². The number of hydrogen-bond acceptors (Lipinski definition) is 2. The van der Waals surface area contributed by atoms with Gasteiger partial charge >= 0.3 is 0 Å². The predicted octanol–water partition coefficient (Wildman–Crippen LogP) is 2.28. The van der Waals surface area contributed by atoms with E-state index in [4.69, 9.17) is 0 Å². The summed E-state index contributed by atoms with van der Waals surface area (Å²) in [7, 11) is 0. The predicted molar refractivity (Wildman–Crippen MR) is 63.1 cm³/mol. The lowest BCUT2D eigenvalue weighted by molar-refractivity contribution is 0.232. The monoisotopic (exact) mass is 205 g/mol. The molecule has 0 aromatic heterocycles. The molecule has 1 aliphatic heterocycles. The van der Waals surface area contributed by atoms with Gasteiger partial charge in [0, 0.05) is 30.3 Å². The van der Waals surface area contributed by atoms with Crippen molar-refractivity contribution < 1.29 is 5.11 Å². The van der Waals surface area contributed by atoms with Crippen molar-refractivity contribution in [3.8, 4) is 0 Å². The number of hydrogen-bond donors (Lipinski definition) is 1. The van der Waals surface area contributed by atoms with Crippen LogP contribution in [0.2, 0.25) is 0 Å². The lowest BCUT2D eigenvalue weighted by atomic mass is 9.97. The van der Waals surface area contributed by atoms with Crippen LogP contribution in [0.5, 0.6) is 0 Å². The third kappa shape index (κ3) is 2.00. The van der Waals surface area contributed by atoms with Crippen LogP contribution in [-0.4, -0.2) is 23.8 Å². The molecule has 0 amide bonds. The summed E-state index contributed by atoms with van der Waals surface area (Å²) in [4.78, 5) is 2.40. The van der Waals surface area contributed by atoms with Gasteiger partial charge in [0.1, 0.15) is 0 Å². The molecule has 1 aromatic rings. The number of rotatable bonds is 2. The topological polar surface area (TPSA) is 23.5 Å². The summed E-state index contributed by atoms with van der Waals surface area (Å²) in [5.41, 5.74) is 1.42. The molecule has 1 N–H and O–H groups in total. The van der Waals surface area contributed by atoms with Crippen LogP contribution in [0, 0.1) is 5.92 Å². The molecular weight excluding hydrogens is 186 g/mol. The summed E-state index contributed by atoms with van der Waals surface area (Å²) in [5, 5.41) is 9.24. The van der Waals surface area contributed by atoms with E-state index in [2.05, 4.69) is 43.0 Å². The van der Waals surface area contributed by atoms with Gasteiger partial charge in [-0.2, -0.15) is 0 Å². The van der Waals surface area contributed by atoms with Gasteiger partial charge in [-0.3, -0.25) is 0 Å². The average molecular weight is 205 g/mol. The molecule has 0 spiro atoms. The molecule has 1 atom stereocenters. The van der Waals surface area contributed by atoms with Gasteiger partial charge in [0.05, 0.1) is 0 Å². The first-order chi connectivity index (χ1) is 7.13. The molecule has 0 saturated carbocycles. The maximum absolute atomic E-state index is 9.24. The highest BCUT2D eigenvalue weighted by atomic mass is 16.3. The fourth-order valence-corrected chi connectivity index (χ4v) is 2.57. The minimum absolute atomic E-state index is 0.161. The zero-order valence-electron chi connectivity index (χ0n) is 9.48. The van der Waals surface area contributed by atoms with Crippen LogP contribution < -0.4 is 4.90 Å². The van der Waals surface area contributed by atoms with Gasteiger partial charge in [0.25, 0.3) is 0 Å². The molecule has 0 radical (unpaired) electrons. The first-order valence-electron chi connectivity index (χ1n) is 5.57. The van der Waals surface area contributed by atoms with Crippen LogP contribution in [0.15, 0.2) is 30.3 Å². The highest BCUT2D eigenvalue weighted by molar-refractivity contribution is 5.49. The van der Waals surface area contributed by atoms with Crippen molar-refractivity contribution in [2.45, 2.75) is 25.8 Å². The fraction of sp³-hybridized carbons (Fsp3) is 0.538. The summed E-state index contributed by atoms with van der Waals surface area (Å²) < 4.78 is 0. The van der Waals surface area contributed by atoms with Crippen LogP contribution >= 0.6 is 0 Å². The lowest BCUT2D eigenvalue weighted by Crippen LogP contribution is -2.38. The smallest absolute Gasteiger partial charge is 0.0477 e. The second-order valence-electron chi connectivity index (χ2n) is 5.01. The summed E-state index contributed by atoms with van der Waals surface area (Å²) in [6, 6.07) is 10.5. The average Bonchev–Trinajstić information content (AvgIpc) is 2.55. The molecule has 2 heteroatoms. The summed E-state index contributed by atoms with van der Waals surface area (Å²) in [6.07, 6.45) is 1.07. The number of benzene rings is 1. The number of aliphatic hydroxyl groups excluding tert-OH is 1. The lowest BCUT2D eigenvalue weighted by Gasteiger charge is -2.33. The third-order valence-electron chi connectivity index (χ3n) is 3.29. The zero-order chi connectivity index (χ0) is 10.9. The Hall–Kier alpha value is -1.02. The minimum Gasteiger partial charge on any atom is -0.396 e. The molecule has 82 valence electrons. The molecule has 1 heterocycles. The molecule has 1 aromatic carbocycles. The Morgan fingerprint density at radius 3 is 2.53 bits per heavy atom. The van der Waals surface area contributed by atoms with E-state index in [1.807, 2.05) is 6.07 Å². The molecule has 1 aliphatic rings. The van der Waals surface area contributed by atoms with E-state index >= 15 is 0 Å². The molecule has 1 unspecified atom stereocenters. The Bertz CT molecular complexity index is 321. The van der Waals surface area contributed by atoms with E-state index in [1.165, 1.54) is 5.69 Å². The van der Waals surface area contributed by atoms with Crippen molar-refractivity contribution in [2.75, 3.05) is 18.1 Å². The van der Waals surface area contributed by atoms with Gasteiger partial charge < -0.3 is 10.0 Å². The Morgan fingerprint density at radius 1 is 1.33 bits per heavy atom. The number of nitrogens with zero attached hydrogens (tertiary/aromatic N) is 1. The van der Waals surface area contributed by atoms with Gasteiger partial charge in [-0.25, -0.2) is 0 Å². The molecule has 1 fully saturated rings. The molecular formula is C13H19NO. The Morgan fingerprint density at radius 2 is 2.00 bits per heavy atom. The van der Waals surface area contributed by atoms with Crippen molar-refractivity contribution in [3.05, 3.63) is 30.3 Å². The molecule has 0 bridgehead atoms. The van der Waals surface area contributed by atoms with Crippen molar-refractivity contribution in [1.29, 1.82) is 0 Å². The first-order valence-corrected chi connectivity index (χ1v) is 5.57. The van der Waals surface area contributed by atoms with E-state index in [1.54, 1.807) is 0 Å². The maximum Gasteiger partial charge on any atom is 0.0477 e. The minimum atomic E-state index is 0.161. The number of anilines is 1. The normalized spacial score (nSPS) is 24.5. The highest BCUT2D eigenvalue weighted by Crippen LogP contribution is 2.36.